The Bertz CT molecular complexity index is 1050. The van der Waals surface area contributed by atoms with Gasteiger partial charge in [0.05, 0.1) is 21.4 Å². The zero-order valence-electron chi connectivity index (χ0n) is 16.6. The van der Waals surface area contributed by atoms with Crippen LogP contribution in [0.1, 0.15) is 11.1 Å². The van der Waals surface area contributed by atoms with Crippen LogP contribution < -0.4 is 11.5 Å². The van der Waals surface area contributed by atoms with Crippen molar-refractivity contribution >= 4 is 68.4 Å². The zero-order valence-corrected chi connectivity index (χ0v) is 19.7. The average molecular weight is 511 g/mol. The van der Waals surface area contributed by atoms with Crippen molar-refractivity contribution in [2.24, 2.45) is 21.5 Å². The molecule has 166 valence electrons. The molecule has 0 unspecified atom stereocenters. The Morgan fingerprint density at radius 1 is 0.688 bits per heavy atom. The lowest BCUT2D eigenvalue weighted by molar-refractivity contribution is 0.627. The predicted octanol–water partition coefficient (Wildman–Crippen LogP) is 7.03. The fourth-order valence-corrected chi connectivity index (χ4v) is 4.41. The van der Waals surface area contributed by atoms with Gasteiger partial charge < -0.3 is 11.5 Å². The van der Waals surface area contributed by atoms with Gasteiger partial charge in [0.25, 0.3) is 0 Å². The van der Waals surface area contributed by atoms with E-state index in [2.05, 4.69) is 9.98 Å². The normalized spacial score (nSPS) is 12.2. The minimum Gasteiger partial charge on any atom is -0.378 e. The van der Waals surface area contributed by atoms with E-state index < -0.39 is 0 Å². The van der Waals surface area contributed by atoms with Crippen LogP contribution in [0.2, 0.25) is 10.0 Å². The molecule has 0 amide bonds. The maximum Gasteiger partial charge on any atom is 0.159 e. The topological polar surface area (TPSA) is 76.8 Å². The first-order chi connectivity index (χ1) is 15.3. The van der Waals surface area contributed by atoms with Crippen LogP contribution in [0.5, 0.6) is 0 Å². The van der Waals surface area contributed by atoms with Gasteiger partial charge in [0.1, 0.15) is 11.6 Å². The van der Waals surface area contributed by atoms with E-state index in [1.165, 1.54) is 47.8 Å². The quantitative estimate of drug-likeness (QED) is 0.275. The molecule has 0 fully saturated rings. The van der Waals surface area contributed by atoms with Crippen LogP contribution in [-0.2, 0) is 11.5 Å². The lowest BCUT2D eigenvalue weighted by Gasteiger charge is -2.11. The second-order valence-electron chi connectivity index (χ2n) is 6.47. The smallest absolute Gasteiger partial charge is 0.159 e. The molecule has 4 N–H and O–H groups in total. The van der Waals surface area contributed by atoms with Crippen LogP contribution in [0.3, 0.4) is 0 Å². The summed E-state index contributed by atoms with van der Waals surface area (Å²) in [5, 5.41) is 1.52. The lowest BCUT2D eigenvalue weighted by atomic mass is 10.1. The van der Waals surface area contributed by atoms with Crippen molar-refractivity contribution in [2.45, 2.75) is 11.5 Å². The Kier molecular flexibility index (Phi) is 8.81. The van der Waals surface area contributed by atoms with Gasteiger partial charge >= 0.3 is 0 Å². The highest BCUT2D eigenvalue weighted by atomic mass is 35.5. The molecule has 0 atom stereocenters. The zero-order chi connectivity index (χ0) is 23.1. The van der Waals surface area contributed by atoms with Crippen molar-refractivity contribution in [2.75, 3.05) is 0 Å². The fraction of sp³-hybridized carbons (Fsp3) is 0.0909. The Balaban J connectivity index is 1.69. The number of rotatable bonds is 6. The minimum atomic E-state index is -0.338. The third-order valence-corrected chi connectivity index (χ3v) is 6.53. The number of amidine groups is 2. The van der Waals surface area contributed by atoms with Gasteiger partial charge in [-0.15, -0.1) is 0 Å². The van der Waals surface area contributed by atoms with Gasteiger partial charge in [0.2, 0.25) is 0 Å². The van der Waals surface area contributed by atoms with Crippen LogP contribution >= 0.6 is 46.7 Å². The molecule has 0 saturated heterocycles. The molecule has 0 heterocycles. The molecule has 10 heteroatoms. The number of nitrogens with zero attached hydrogens (tertiary/aromatic N) is 2. The standard InChI is InChI=1S/C22H18Cl2F2N4S2/c23-19-9-13(11-31-21(27)29-17-5-1-15(25)2-6-17)14(10-20(19)24)12-32-22(28)30-18-7-3-16(26)4-8-18/h1-10H,11-12H2,(H2,27,29)(H2,28,30). The van der Waals surface area contributed by atoms with Crippen molar-refractivity contribution in [3.8, 4) is 0 Å². The maximum atomic E-state index is 13.0. The first-order valence-electron chi connectivity index (χ1n) is 9.22. The van der Waals surface area contributed by atoms with Gasteiger partial charge in [0, 0.05) is 11.5 Å². The van der Waals surface area contributed by atoms with Crippen LogP contribution in [0.4, 0.5) is 20.2 Å². The summed E-state index contributed by atoms with van der Waals surface area (Å²) in [6, 6.07) is 15.1. The molecule has 0 aromatic heterocycles. The van der Waals surface area contributed by atoms with E-state index in [1.54, 1.807) is 36.4 Å². The van der Waals surface area contributed by atoms with E-state index in [0.29, 0.717) is 43.3 Å². The summed E-state index contributed by atoms with van der Waals surface area (Å²) in [4.78, 5) is 8.55. The number of hydrogen-bond acceptors (Lipinski definition) is 4. The van der Waals surface area contributed by atoms with Crippen molar-refractivity contribution in [3.05, 3.63) is 93.5 Å². The highest BCUT2D eigenvalue weighted by molar-refractivity contribution is 8.13. The average Bonchev–Trinajstić information content (AvgIpc) is 2.76. The highest BCUT2D eigenvalue weighted by Crippen LogP contribution is 2.31. The fourth-order valence-electron chi connectivity index (χ4n) is 2.55. The largest absolute Gasteiger partial charge is 0.378 e. The Labute approximate surface area is 203 Å². The number of hydrogen-bond donors (Lipinski definition) is 2. The second-order valence-corrected chi connectivity index (χ2v) is 9.27. The van der Waals surface area contributed by atoms with Gasteiger partial charge in [-0.3, -0.25) is 0 Å². The molecular formula is C22H18Cl2F2N4S2. The predicted molar refractivity (Wildman–Crippen MR) is 134 cm³/mol. The minimum absolute atomic E-state index is 0.332. The van der Waals surface area contributed by atoms with Crippen molar-refractivity contribution in [1.82, 2.24) is 0 Å². The van der Waals surface area contributed by atoms with Crippen LogP contribution in [0, 0.1) is 11.6 Å². The molecule has 0 bridgehead atoms. The van der Waals surface area contributed by atoms with Gasteiger partial charge in [-0.25, -0.2) is 18.8 Å². The van der Waals surface area contributed by atoms with E-state index in [4.69, 9.17) is 34.7 Å². The third kappa shape index (κ3) is 7.41. The van der Waals surface area contributed by atoms with E-state index in [-0.39, 0.29) is 11.6 Å². The molecule has 3 aromatic rings. The SMILES string of the molecule is N/C(=N\c1ccc(F)cc1)SCc1cc(Cl)c(Cl)cc1CS/C(N)=N/c1ccc(F)cc1. The summed E-state index contributed by atoms with van der Waals surface area (Å²) in [5.41, 5.74) is 15.0. The van der Waals surface area contributed by atoms with Crippen LogP contribution in [0.25, 0.3) is 0 Å². The molecule has 0 aliphatic carbocycles. The Morgan fingerprint density at radius 2 is 1.03 bits per heavy atom. The Morgan fingerprint density at radius 3 is 1.38 bits per heavy atom. The van der Waals surface area contributed by atoms with Crippen molar-refractivity contribution < 1.29 is 8.78 Å². The van der Waals surface area contributed by atoms with Crippen molar-refractivity contribution in [3.63, 3.8) is 0 Å². The summed E-state index contributed by atoms with van der Waals surface area (Å²) in [6.07, 6.45) is 0. The Hall–Kier alpha value is -2.26. The number of aliphatic imine (C=N–C) groups is 2. The third-order valence-electron chi connectivity index (χ3n) is 4.13. The van der Waals surface area contributed by atoms with Crippen LogP contribution in [-0.4, -0.2) is 10.3 Å². The molecule has 0 spiro atoms. The van der Waals surface area contributed by atoms with Crippen molar-refractivity contribution in [1.29, 1.82) is 0 Å². The molecule has 32 heavy (non-hydrogen) atoms. The second kappa shape index (κ2) is 11.6. The molecule has 4 nitrogen and oxygen atoms in total. The molecule has 0 aliphatic heterocycles. The summed E-state index contributed by atoms with van der Waals surface area (Å²) in [5.74, 6) is 0.321. The first kappa shape index (κ1) is 24.4. The van der Waals surface area contributed by atoms with E-state index in [1.807, 2.05) is 0 Å². The first-order valence-corrected chi connectivity index (χ1v) is 11.9. The van der Waals surface area contributed by atoms with Gasteiger partial charge in [-0.05, 0) is 71.8 Å². The summed E-state index contributed by atoms with van der Waals surface area (Å²) >= 11 is 15.1. The maximum absolute atomic E-state index is 13.0. The molecule has 3 rings (SSSR count). The number of nitrogens with two attached hydrogens (primary N) is 2. The lowest BCUT2D eigenvalue weighted by Crippen LogP contribution is -2.08. The van der Waals surface area contributed by atoms with Gasteiger partial charge in [-0.1, -0.05) is 46.7 Å². The molecule has 0 aliphatic rings. The summed E-state index contributed by atoms with van der Waals surface area (Å²) < 4.78 is 26.1. The van der Waals surface area contributed by atoms with Gasteiger partial charge in [0.15, 0.2) is 10.3 Å². The number of thioether (sulfide) groups is 2. The molecular weight excluding hydrogens is 493 g/mol. The van der Waals surface area contributed by atoms with E-state index in [9.17, 15) is 8.78 Å². The monoisotopic (exact) mass is 510 g/mol. The summed E-state index contributed by atoms with van der Waals surface area (Å²) in [6.45, 7) is 0. The number of halogens is 4. The van der Waals surface area contributed by atoms with E-state index in [0.717, 1.165) is 11.1 Å². The van der Waals surface area contributed by atoms with Gasteiger partial charge in [-0.2, -0.15) is 0 Å². The number of benzene rings is 3. The summed E-state index contributed by atoms with van der Waals surface area (Å²) in [7, 11) is 0. The molecule has 0 radical (unpaired) electrons. The van der Waals surface area contributed by atoms with E-state index >= 15 is 0 Å². The molecule has 0 saturated carbocycles. The molecule has 3 aromatic carbocycles. The highest BCUT2D eigenvalue weighted by Gasteiger charge is 2.10. The van der Waals surface area contributed by atoms with Crippen LogP contribution in [0.15, 0.2) is 70.6 Å².